The van der Waals surface area contributed by atoms with E-state index in [9.17, 15) is 0 Å². The zero-order valence-corrected chi connectivity index (χ0v) is 10.9. The van der Waals surface area contributed by atoms with Crippen molar-refractivity contribution >= 4 is 5.65 Å². The number of aromatic nitrogens is 3. The van der Waals surface area contributed by atoms with E-state index < -0.39 is 0 Å². The van der Waals surface area contributed by atoms with E-state index in [1.807, 2.05) is 24.4 Å². The second kappa shape index (κ2) is 4.46. The molecule has 98 valence electrons. The Labute approximate surface area is 112 Å². The molecule has 0 radical (unpaired) electrons. The van der Waals surface area contributed by atoms with Gasteiger partial charge in [0.2, 0.25) is 0 Å². The van der Waals surface area contributed by atoms with Gasteiger partial charge in [-0.2, -0.15) is 0 Å². The van der Waals surface area contributed by atoms with Crippen molar-refractivity contribution in [2.45, 2.75) is 25.3 Å². The maximum Gasteiger partial charge on any atom is 0.160 e. The third-order valence-corrected chi connectivity index (χ3v) is 4.50. The third-order valence-electron chi connectivity index (χ3n) is 4.50. The zero-order valence-electron chi connectivity index (χ0n) is 10.9. The summed E-state index contributed by atoms with van der Waals surface area (Å²) in [5, 5.41) is 12.1. The Morgan fingerprint density at radius 2 is 2.32 bits per heavy atom. The summed E-state index contributed by atoms with van der Waals surface area (Å²) in [6.07, 6.45) is 10.3. The average molecular weight is 254 g/mol. The molecule has 0 bridgehead atoms. The molecule has 3 atom stereocenters. The average Bonchev–Trinajstić information content (AvgIpc) is 2.99. The second-order valence-corrected chi connectivity index (χ2v) is 5.59. The molecule has 2 aliphatic carbocycles. The van der Waals surface area contributed by atoms with Gasteiger partial charge in [0, 0.05) is 25.2 Å². The van der Waals surface area contributed by atoms with Crippen molar-refractivity contribution in [3.05, 3.63) is 42.4 Å². The summed E-state index contributed by atoms with van der Waals surface area (Å²) >= 11 is 0. The lowest BCUT2D eigenvalue weighted by molar-refractivity contribution is 0.164. The van der Waals surface area contributed by atoms with Gasteiger partial charge < -0.3 is 5.32 Å². The van der Waals surface area contributed by atoms with Crippen LogP contribution in [0.2, 0.25) is 0 Å². The molecule has 0 aliphatic heterocycles. The molecule has 0 unspecified atom stereocenters. The van der Waals surface area contributed by atoms with Crippen LogP contribution in [0.3, 0.4) is 0 Å². The maximum absolute atomic E-state index is 4.26. The van der Waals surface area contributed by atoms with Gasteiger partial charge in [-0.25, -0.2) is 0 Å². The van der Waals surface area contributed by atoms with Crippen molar-refractivity contribution in [3.63, 3.8) is 0 Å². The van der Waals surface area contributed by atoms with Crippen LogP contribution >= 0.6 is 0 Å². The first kappa shape index (κ1) is 11.2. The number of nitrogens with one attached hydrogen (secondary N) is 1. The smallest absolute Gasteiger partial charge is 0.160 e. The summed E-state index contributed by atoms with van der Waals surface area (Å²) in [4.78, 5) is 0. The van der Waals surface area contributed by atoms with E-state index in [4.69, 9.17) is 0 Å². The third kappa shape index (κ3) is 1.87. The number of nitrogens with zero attached hydrogens (tertiary/aromatic N) is 3. The topological polar surface area (TPSA) is 42.2 Å². The molecule has 0 saturated heterocycles. The van der Waals surface area contributed by atoms with E-state index >= 15 is 0 Å². The summed E-state index contributed by atoms with van der Waals surface area (Å²) in [6, 6.07) is 6.69. The first-order valence-electron chi connectivity index (χ1n) is 7.10. The second-order valence-electron chi connectivity index (χ2n) is 5.59. The molecule has 2 heterocycles. The fourth-order valence-corrected chi connectivity index (χ4v) is 3.38. The molecule has 4 heteroatoms. The maximum atomic E-state index is 4.26. The van der Waals surface area contributed by atoms with Gasteiger partial charge in [0.1, 0.15) is 5.82 Å². The lowest BCUT2D eigenvalue weighted by Crippen LogP contribution is -2.48. The fourth-order valence-electron chi connectivity index (χ4n) is 3.38. The van der Waals surface area contributed by atoms with Crippen LogP contribution < -0.4 is 5.32 Å². The van der Waals surface area contributed by atoms with Gasteiger partial charge in [-0.05, 0) is 36.8 Å². The van der Waals surface area contributed by atoms with Crippen LogP contribution in [0.1, 0.15) is 18.7 Å². The molecule has 1 saturated carbocycles. The number of fused-ring (bicyclic) bond motifs is 2. The predicted molar refractivity (Wildman–Crippen MR) is 73.8 cm³/mol. The van der Waals surface area contributed by atoms with Crippen molar-refractivity contribution < 1.29 is 0 Å². The quantitative estimate of drug-likeness (QED) is 0.846. The molecule has 2 aromatic rings. The van der Waals surface area contributed by atoms with Crippen molar-refractivity contribution in [2.24, 2.45) is 11.8 Å². The van der Waals surface area contributed by atoms with Gasteiger partial charge in [-0.1, -0.05) is 18.2 Å². The summed E-state index contributed by atoms with van der Waals surface area (Å²) in [5.41, 5.74) is 0.930. The Hall–Kier alpha value is -1.68. The number of hydrogen-bond donors (Lipinski definition) is 1. The largest absolute Gasteiger partial charge is 0.313 e. The van der Waals surface area contributed by atoms with Crippen molar-refractivity contribution in [3.8, 4) is 0 Å². The van der Waals surface area contributed by atoms with Gasteiger partial charge in [0.25, 0.3) is 0 Å². The molecule has 19 heavy (non-hydrogen) atoms. The van der Waals surface area contributed by atoms with Gasteiger partial charge >= 0.3 is 0 Å². The predicted octanol–water partition coefficient (Wildman–Crippen LogP) is 1.83. The highest BCUT2D eigenvalue weighted by atomic mass is 15.2. The molecule has 2 aromatic heterocycles. The van der Waals surface area contributed by atoms with Crippen LogP contribution in [0.4, 0.5) is 0 Å². The number of rotatable bonds is 4. The van der Waals surface area contributed by atoms with Crippen LogP contribution in [-0.2, 0) is 6.42 Å². The Morgan fingerprint density at radius 3 is 3.26 bits per heavy atom. The molecule has 4 rings (SSSR count). The number of pyridine rings is 1. The van der Waals surface area contributed by atoms with Gasteiger partial charge in [-0.15, -0.1) is 10.2 Å². The lowest BCUT2D eigenvalue weighted by atomic mass is 9.71. The standard InChI is InChI=1S/C15H18N4/c1-2-9-19-14(6-1)17-18-15(19)7-8-16-13-10-11-4-3-5-12(11)13/h1-3,5-6,9,11-13,16H,4,7-8,10H2/t11-,12-,13-/m1/s1. The van der Waals surface area contributed by atoms with E-state index in [1.165, 1.54) is 12.8 Å². The van der Waals surface area contributed by atoms with Crippen molar-refractivity contribution in [1.29, 1.82) is 0 Å². The first-order chi connectivity index (χ1) is 9.42. The molecular formula is C15H18N4. The SMILES string of the molecule is C1=C[C@@H]2[C@H](C1)C[C@H]2NCCc1nnc2ccccn12. The molecule has 0 aromatic carbocycles. The van der Waals surface area contributed by atoms with Gasteiger partial charge in [0.15, 0.2) is 5.65 Å². The molecule has 1 fully saturated rings. The minimum absolute atomic E-state index is 0.683. The molecule has 0 spiro atoms. The molecule has 1 N–H and O–H groups in total. The van der Waals surface area contributed by atoms with Gasteiger partial charge in [-0.3, -0.25) is 4.40 Å². The fraction of sp³-hybridized carbons (Fsp3) is 0.467. The monoisotopic (exact) mass is 254 g/mol. The van der Waals surface area contributed by atoms with Gasteiger partial charge in [0.05, 0.1) is 0 Å². The van der Waals surface area contributed by atoms with E-state index in [0.29, 0.717) is 6.04 Å². The molecular weight excluding hydrogens is 236 g/mol. The van der Waals surface area contributed by atoms with Crippen molar-refractivity contribution in [2.75, 3.05) is 6.54 Å². The van der Waals surface area contributed by atoms with Crippen LogP contribution in [0.5, 0.6) is 0 Å². The Balaban J connectivity index is 1.36. The molecule has 0 amide bonds. The minimum Gasteiger partial charge on any atom is -0.313 e. The Kier molecular flexibility index (Phi) is 2.62. The van der Waals surface area contributed by atoms with Crippen LogP contribution in [-0.4, -0.2) is 27.2 Å². The summed E-state index contributed by atoms with van der Waals surface area (Å²) in [6.45, 7) is 0.984. The minimum atomic E-state index is 0.683. The van der Waals surface area contributed by atoms with E-state index in [0.717, 1.165) is 36.3 Å². The van der Waals surface area contributed by atoms with E-state index in [-0.39, 0.29) is 0 Å². The zero-order chi connectivity index (χ0) is 12.7. The molecule has 2 aliphatic rings. The number of hydrogen-bond acceptors (Lipinski definition) is 3. The molecule has 4 nitrogen and oxygen atoms in total. The van der Waals surface area contributed by atoms with Crippen LogP contribution in [0, 0.1) is 11.8 Å². The van der Waals surface area contributed by atoms with E-state index in [2.05, 4.69) is 32.1 Å². The Morgan fingerprint density at radius 1 is 1.32 bits per heavy atom. The lowest BCUT2D eigenvalue weighted by Gasteiger charge is -2.40. The first-order valence-corrected chi connectivity index (χ1v) is 7.10. The van der Waals surface area contributed by atoms with Crippen molar-refractivity contribution in [1.82, 2.24) is 19.9 Å². The highest BCUT2D eigenvalue weighted by Crippen LogP contribution is 2.42. The van der Waals surface area contributed by atoms with E-state index in [1.54, 1.807) is 0 Å². The summed E-state index contributed by atoms with van der Waals surface area (Å²) in [5.74, 6) is 2.75. The normalized spacial score (nSPS) is 28.5. The highest BCUT2D eigenvalue weighted by molar-refractivity contribution is 5.37. The summed E-state index contributed by atoms with van der Waals surface area (Å²) in [7, 11) is 0. The number of allylic oxidation sites excluding steroid dienone is 1. The Bertz CT molecular complexity index is 615. The highest BCUT2D eigenvalue weighted by Gasteiger charge is 2.40. The van der Waals surface area contributed by atoms with Crippen LogP contribution in [0.25, 0.3) is 5.65 Å². The van der Waals surface area contributed by atoms with Crippen LogP contribution in [0.15, 0.2) is 36.5 Å². The summed E-state index contributed by atoms with van der Waals surface area (Å²) < 4.78 is 2.07.